The largest absolute Gasteiger partial charge is 0.452 e. The average Bonchev–Trinajstić information content (AvgIpc) is 3.21. The van der Waals surface area contributed by atoms with E-state index >= 15 is 0 Å². The third-order valence-electron chi connectivity index (χ3n) is 5.30. The fourth-order valence-corrected chi connectivity index (χ4v) is 3.64. The number of benzene rings is 2. The summed E-state index contributed by atoms with van der Waals surface area (Å²) in [6, 6.07) is 23.7. The van der Waals surface area contributed by atoms with Crippen molar-refractivity contribution in [1.82, 2.24) is 19.9 Å². The number of carbonyl (C=O) groups excluding carboxylic acids is 2. The lowest BCUT2D eigenvalue weighted by atomic mass is 9.88. The fourth-order valence-electron chi connectivity index (χ4n) is 3.64. The molecular formula is C25H24N4O3. The number of aromatic nitrogens is 3. The number of fused-ring (bicyclic) bond motifs is 1. The number of nitrogens with zero attached hydrogens (tertiary/aromatic N) is 3. The van der Waals surface area contributed by atoms with Crippen LogP contribution in [0.3, 0.4) is 0 Å². The lowest BCUT2D eigenvalue weighted by molar-refractivity contribution is -0.124. The first-order valence-electron chi connectivity index (χ1n) is 10.5. The average molecular weight is 428 g/mol. The molecule has 2 heterocycles. The standard InChI is InChI=1S/C25H24N4O3/c1-18-27-28-23-13-12-21(16-29(18)23)25(31)32-17-24(30)26-15-14-22(19-8-4-2-5-9-19)20-10-6-3-7-11-20/h2-13,16,22H,14-15,17H2,1H3,(H,26,30). The van der Waals surface area contributed by atoms with E-state index in [1.54, 1.807) is 29.7 Å². The van der Waals surface area contributed by atoms with Crippen LogP contribution in [0.15, 0.2) is 79.0 Å². The Kier molecular flexibility index (Phi) is 6.55. The van der Waals surface area contributed by atoms with Gasteiger partial charge in [-0.2, -0.15) is 0 Å². The van der Waals surface area contributed by atoms with Gasteiger partial charge in [-0.05, 0) is 36.6 Å². The van der Waals surface area contributed by atoms with Gasteiger partial charge in [-0.1, -0.05) is 60.7 Å². The molecule has 4 rings (SSSR count). The number of rotatable bonds is 8. The molecule has 0 aliphatic heterocycles. The van der Waals surface area contributed by atoms with E-state index < -0.39 is 5.97 Å². The minimum Gasteiger partial charge on any atom is -0.452 e. The Balaban J connectivity index is 1.30. The Hall–Kier alpha value is -4.00. The van der Waals surface area contributed by atoms with E-state index in [4.69, 9.17) is 4.74 Å². The zero-order chi connectivity index (χ0) is 22.3. The van der Waals surface area contributed by atoms with Crippen LogP contribution in [0.1, 0.15) is 39.6 Å². The summed E-state index contributed by atoms with van der Waals surface area (Å²) in [5.74, 6) is -0.0702. The molecule has 0 bridgehead atoms. The van der Waals surface area contributed by atoms with Crippen LogP contribution < -0.4 is 5.32 Å². The molecule has 1 amide bonds. The highest BCUT2D eigenvalue weighted by Gasteiger charge is 2.15. The summed E-state index contributed by atoms with van der Waals surface area (Å²) >= 11 is 0. The summed E-state index contributed by atoms with van der Waals surface area (Å²) < 4.78 is 6.88. The number of amides is 1. The van der Waals surface area contributed by atoms with Crippen LogP contribution in [0.25, 0.3) is 5.65 Å². The second-order valence-electron chi connectivity index (χ2n) is 7.48. The smallest absolute Gasteiger partial charge is 0.340 e. The zero-order valence-corrected chi connectivity index (χ0v) is 17.8. The van der Waals surface area contributed by atoms with Crippen LogP contribution in [0.4, 0.5) is 0 Å². The summed E-state index contributed by atoms with van der Waals surface area (Å²) in [5.41, 5.74) is 3.36. The van der Waals surface area contributed by atoms with E-state index in [9.17, 15) is 9.59 Å². The van der Waals surface area contributed by atoms with Crippen molar-refractivity contribution in [2.45, 2.75) is 19.3 Å². The zero-order valence-electron chi connectivity index (χ0n) is 17.8. The van der Waals surface area contributed by atoms with Crippen molar-refractivity contribution in [3.8, 4) is 0 Å². The maximum Gasteiger partial charge on any atom is 0.340 e. The van der Waals surface area contributed by atoms with Crippen LogP contribution in [0, 0.1) is 6.92 Å². The highest BCUT2D eigenvalue weighted by atomic mass is 16.5. The Morgan fingerprint density at radius 2 is 1.59 bits per heavy atom. The molecule has 2 aromatic heterocycles. The lowest BCUT2D eigenvalue weighted by Crippen LogP contribution is -2.30. The summed E-state index contributed by atoms with van der Waals surface area (Å²) in [6.45, 7) is 1.93. The van der Waals surface area contributed by atoms with E-state index in [0.717, 1.165) is 6.42 Å². The molecule has 32 heavy (non-hydrogen) atoms. The van der Waals surface area contributed by atoms with Crippen LogP contribution in [0.2, 0.25) is 0 Å². The van der Waals surface area contributed by atoms with Gasteiger partial charge in [-0.25, -0.2) is 4.79 Å². The van der Waals surface area contributed by atoms with Crippen molar-refractivity contribution in [1.29, 1.82) is 0 Å². The SMILES string of the molecule is Cc1nnc2ccc(C(=O)OCC(=O)NCCC(c3ccccc3)c3ccccc3)cn12. The fraction of sp³-hybridized carbons (Fsp3) is 0.200. The van der Waals surface area contributed by atoms with Gasteiger partial charge in [0.05, 0.1) is 5.56 Å². The number of hydrogen-bond acceptors (Lipinski definition) is 5. The highest BCUT2D eigenvalue weighted by Crippen LogP contribution is 2.27. The van der Waals surface area contributed by atoms with E-state index in [1.807, 2.05) is 36.4 Å². The van der Waals surface area contributed by atoms with Crippen LogP contribution >= 0.6 is 0 Å². The van der Waals surface area contributed by atoms with Crippen molar-refractivity contribution < 1.29 is 14.3 Å². The molecule has 0 unspecified atom stereocenters. The molecule has 2 aromatic carbocycles. The van der Waals surface area contributed by atoms with Gasteiger partial charge in [-0.15, -0.1) is 10.2 Å². The molecule has 0 fully saturated rings. The molecule has 0 saturated carbocycles. The van der Waals surface area contributed by atoms with Crippen LogP contribution in [-0.2, 0) is 9.53 Å². The number of hydrogen-bond donors (Lipinski definition) is 1. The first kappa shape index (κ1) is 21.2. The summed E-state index contributed by atoms with van der Waals surface area (Å²) in [4.78, 5) is 24.6. The van der Waals surface area contributed by atoms with Gasteiger partial charge in [0, 0.05) is 18.7 Å². The third kappa shape index (κ3) is 5.00. The second kappa shape index (κ2) is 9.87. The lowest BCUT2D eigenvalue weighted by Gasteiger charge is -2.18. The maximum absolute atomic E-state index is 12.3. The first-order chi connectivity index (χ1) is 15.6. The Morgan fingerprint density at radius 1 is 0.938 bits per heavy atom. The Labute approximate surface area is 186 Å². The van der Waals surface area contributed by atoms with Gasteiger partial charge in [0.1, 0.15) is 5.82 Å². The first-order valence-corrected chi connectivity index (χ1v) is 10.5. The van der Waals surface area contributed by atoms with Gasteiger partial charge in [0.25, 0.3) is 5.91 Å². The number of esters is 1. The number of aryl methyl sites for hydroxylation is 1. The Morgan fingerprint density at radius 3 is 2.25 bits per heavy atom. The van der Waals surface area contributed by atoms with E-state index in [0.29, 0.717) is 23.6 Å². The molecule has 0 radical (unpaired) electrons. The molecule has 4 aromatic rings. The maximum atomic E-state index is 12.3. The van der Waals surface area contributed by atoms with E-state index in [2.05, 4.69) is 39.8 Å². The minimum atomic E-state index is -0.568. The molecule has 0 saturated heterocycles. The number of pyridine rings is 1. The molecule has 0 aliphatic carbocycles. The molecule has 0 atom stereocenters. The van der Waals surface area contributed by atoms with E-state index in [-0.39, 0.29) is 18.4 Å². The number of carbonyl (C=O) groups is 2. The van der Waals surface area contributed by atoms with Crippen LogP contribution in [-0.4, -0.2) is 39.6 Å². The van der Waals surface area contributed by atoms with Crippen molar-refractivity contribution in [2.75, 3.05) is 13.2 Å². The van der Waals surface area contributed by atoms with Crippen molar-refractivity contribution in [3.05, 3.63) is 102 Å². The Bertz CT molecular complexity index is 1170. The van der Waals surface area contributed by atoms with Gasteiger partial charge in [-0.3, -0.25) is 9.20 Å². The molecule has 162 valence electrons. The van der Waals surface area contributed by atoms with Gasteiger partial charge in [0.15, 0.2) is 12.3 Å². The van der Waals surface area contributed by atoms with Gasteiger partial charge >= 0.3 is 5.97 Å². The topological polar surface area (TPSA) is 85.6 Å². The van der Waals surface area contributed by atoms with Gasteiger partial charge in [0.2, 0.25) is 0 Å². The normalized spacial score (nSPS) is 10.9. The van der Waals surface area contributed by atoms with Gasteiger partial charge < -0.3 is 10.1 Å². The predicted octanol–water partition coefficient (Wildman–Crippen LogP) is 3.53. The molecule has 0 spiro atoms. The molecular weight excluding hydrogens is 404 g/mol. The molecule has 1 N–H and O–H groups in total. The van der Waals surface area contributed by atoms with E-state index in [1.165, 1.54) is 11.1 Å². The quantitative estimate of drug-likeness (QED) is 0.434. The third-order valence-corrected chi connectivity index (χ3v) is 5.30. The summed E-state index contributed by atoms with van der Waals surface area (Å²) in [7, 11) is 0. The molecule has 0 aliphatic rings. The molecule has 7 heteroatoms. The number of ether oxygens (including phenoxy) is 1. The summed E-state index contributed by atoms with van der Waals surface area (Å²) in [6.07, 6.45) is 2.34. The summed E-state index contributed by atoms with van der Waals surface area (Å²) in [5, 5.41) is 10.8. The van der Waals surface area contributed by atoms with Crippen LogP contribution in [0.5, 0.6) is 0 Å². The van der Waals surface area contributed by atoms with Crippen molar-refractivity contribution >= 4 is 17.5 Å². The minimum absolute atomic E-state index is 0.166. The highest BCUT2D eigenvalue weighted by molar-refractivity contribution is 5.91. The molecule has 7 nitrogen and oxygen atoms in total. The monoisotopic (exact) mass is 428 g/mol. The number of nitrogens with one attached hydrogen (secondary N) is 1. The van der Waals surface area contributed by atoms with Crippen molar-refractivity contribution in [3.63, 3.8) is 0 Å². The van der Waals surface area contributed by atoms with Crippen molar-refractivity contribution in [2.24, 2.45) is 0 Å². The second-order valence-corrected chi connectivity index (χ2v) is 7.48. The predicted molar refractivity (Wildman–Crippen MR) is 120 cm³/mol.